The molecule has 160 valence electrons. The number of aromatic nitrogens is 2. The summed E-state index contributed by atoms with van der Waals surface area (Å²) in [5.74, 6) is 1.00. The van der Waals surface area contributed by atoms with Gasteiger partial charge in [0.2, 0.25) is 5.75 Å². The maximum absolute atomic E-state index is 11.1. The predicted octanol–water partition coefficient (Wildman–Crippen LogP) is 5.95. The molecule has 0 atom stereocenters. The van der Waals surface area contributed by atoms with Crippen LogP contribution >= 0.6 is 23.2 Å². The molecule has 3 aromatic rings. The van der Waals surface area contributed by atoms with E-state index >= 15 is 0 Å². The normalized spacial score (nSPS) is 14.9. The van der Waals surface area contributed by atoms with Gasteiger partial charge >= 0.3 is 0 Å². The van der Waals surface area contributed by atoms with Crippen molar-refractivity contribution in [2.24, 2.45) is 0 Å². The van der Waals surface area contributed by atoms with Gasteiger partial charge in [0.1, 0.15) is 12.4 Å². The molecule has 1 fully saturated rings. The molecule has 4 rings (SSSR count). The van der Waals surface area contributed by atoms with Gasteiger partial charge in [-0.15, -0.1) is 0 Å². The van der Waals surface area contributed by atoms with Crippen LogP contribution in [0.4, 0.5) is 0 Å². The van der Waals surface area contributed by atoms with Gasteiger partial charge in [-0.25, -0.2) is 4.98 Å². The van der Waals surface area contributed by atoms with Gasteiger partial charge in [0.05, 0.1) is 6.20 Å². The summed E-state index contributed by atoms with van der Waals surface area (Å²) in [7, 11) is 0. The van der Waals surface area contributed by atoms with Crippen molar-refractivity contribution in [1.29, 1.82) is 0 Å². The molecule has 1 aliphatic carbocycles. The number of nitrogens with zero attached hydrogens (tertiary/aromatic N) is 2. The zero-order valence-corrected chi connectivity index (χ0v) is 18.4. The average molecular weight is 457 g/mol. The Morgan fingerprint density at radius 1 is 1.06 bits per heavy atom. The van der Waals surface area contributed by atoms with Crippen LogP contribution in [0.2, 0.25) is 10.0 Å². The Kier molecular flexibility index (Phi) is 6.73. The summed E-state index contributed by atoms with van der Waals surface area (Å²) in [5, 5.41) is 1.35. The van der Waals surface area contributed by atoms with Crippen molar-refractivity contribution in [2.45, 2.75) is 44.1 Å². The third-order valence-electron chi connectivity index (χ3n) is 5.73. The molecule has 1 heterocycles. The summed E-state index contributed by atoms with van der Waals surface area (Å²) in [5.41, 5.74) is 1.81. The quantitative estimate of drug-likeness (QED) is 0.391. The topological polar surface area (TPSA) is 61.3 Å². The standard InChI is InChI=1S/C24H22Cl2N2O3/c25-18-8-9-20(26)19(12-18)24(10-4-5-11-24)13-22-27-14-21(23(28-22)31-16-29)30-15-17-6-2-1-3-7-17/h1-3,6-9,12,14,16H,4-5,10-11,13,15H2. The van der Waals surface area contributed by atoms with Crippen LogP contribution in [-0.2, 0) is 23.2 Å². The van der Waals surface area contributed by atoms with E-state index in [0.717, 1.165) is 36.8 Å². The number of hydrogen-bond donors (Lipinski definition) is 0. The molecule has 31 heavy (non-hydrogen) atoms. The van der Waals surface area contributed by atoms with Crippen molar-refractivity contribution in [3.05, 3.63) is 81.7 Å². The molecule has 0 saturated heterocycles. The Balaban J connectivity index is 1.60. The lowest BCUT2D eigenvalue weighted by atomic mass is 9.76. The van der Waals surface area contributed by atoms with Crippen molar-refractivity contribution >= 4 is 29.7 Å². The van der Waals surface area contributed by atoms with E-state index in [2.05, 4.69) is 9.97 Å². The largest absolute Gasteiger partial charge is 0.482 e. The SMILES string of the molecule is O=COc1nc(CC2(c3cc(Cl)ccc3Cl)CCCC2)ncc1OCc1ccccc1. The Morgan fingerprint density at radius 2 is 1.84 bits per heavy atom. The zero-order chi connectivity index (χ0) is 21.7. The van der Waals surface area contributed by atoms with E-state index in [1.807, 2.05) is 42.5 Å². The third-order valence-corrected chi connectivity index (χ3v) is 6.29. The van der Waals surface area contributed by atoms with Crippen LogP contribution < -0.4 is 9.47 Å². The summed E-state index contributed by atoms with van der Waals surface area (Å²) >= 11 is 12.8. The lowest BCUT2D eigenvalue weighted by molar-refractivity contribution is -0.121. The highest BCUT2D eigenvalue weighted by Gasteiger charge is 2.38. The maximum Gasteiger partial charge on any atom is 0.299 e. The van der Waals surface area contributed by atoms with Crippen LogP contribution in [0.25, 0.3) is 0 Å². The third kappa shape index (κ3) is 5.00. The first kappa shape index (κ1) is 21.6. The fraction of sp³-hybridized carbons (Fsp3) is 0.292. The lowest BCUT2D eigenvalue weighted by Crippen LogP contribution is -2.27. The van der Waals surface area contributed by atoms with Gasteiger partial charge < -0.3 is 9.47 Å². The summed E-state index contributed by atoms with van der Waals surface area (Å²) in [6.45, 7) is 0.668. The van der Waals surface area contributed by atoms with E-state index in [1.54, 1.807) is 12.3 Å². The average Bonchev–Trinajstić information content (AvgIpc) is 3.25. The van der Waals surface area contributed by atoms with E-state index in [0.29, 0.717) is 41.1 Å². The van der Waals surface area contributed by atoms with Crippen LogP contribution in [0, 0.1) is 0 Å². The number of benzene rings is 2. The molecule has 1 saturated carbocycles. The molecule has 0 bridgehead atoms. The molecule has 1 aromatic heterocycles. The summed E-state index contributed by atoms with van der Waals surface area (Å²) in [6, 6.07) is 15.3. The van der Waals surface area contributed by atoms with Crippen LogP contribution in [0.5, 0.6) is 11.6 Å². The van der Waals surface area contributed by atoms with Crippen molar-refractivity contribution < 1.29 is 14.3 Å². The Bertz CT molecular complexity index is 1050. The monoisotopic (exact) mass is 456 g/mol. The molecule has 0 aliphatic heterocycles. The summed E-state index contributed by atoms with van der Waals surface area (Å²) < 4.78 is 10.9. The molecule has 7 heteroatoms. The van der Waals surface area contributed by atoms with Crippen LogP contribution in [0.1, 0.15) is 42.6 Å². The Morgan fingerprint density at radius 3 is 2.58 bits per heavy atom. The fourth-order valence-electron chi connectivity index (χ4n) is 4.24. The van der Waals surface area contributed by atoms with Gasteiger partial charge in [-0.1, -0.05) is 66.4 Å². The molecule has 0 spiro atoms. The van der Waals surface area contributed by atoms with Gasteiger partial charge in [-0.05, 0) is 42.2 Å². The van der Waals surface area contributed by atoms with Crippen molar-refractivity contribution in [3.8, 4) is 11.6 Å². The number of hydrogen-bond acceptors (Lipinski definition) is 5. The highest BCUT2D eigenvalue weighted by molar-refractivity contribution is 6.33. The number of carbonyl (C=O) groups excluding carboxylic acids is 1. The van der Waals surface area contributed by atoms with E-state index < -0.39 is 0 Å². The first-order valence-electron chi connectivity index (χ1n) is 10.2. The molecule has 1 aliphatic rings. The molecule has 0 amide bonds. The van der Waals surface area contributed by atoms with E-state index in [4.69, 9.17) is 32.7 Å². The number of carbonyl (C=O) groups is 1. The molecule has 0 N–H and O–H groups in total. The summed E-state index contributed by atoms with van der Waals surface area (Å²) in [4.78, 5) is 20.1. The molecular weight excluding hydrogens is 435 g/mol. The molecule has 5 nitrogen and oxygen atoms in total. The van der Waals surface area contributed by atoms with Gasteiger partial charge in [-0.3, -0.25) is 4.79 Å². The van der Waals surface area contributed by atoms with Crippen molar-refractivity contribution in [3.63, 3.8) is 0 Å². The number of rotatable bonds is 8. The molecule has 0 radical (unpaired) electrons. The van der Waals surface area contributed by atoms with Crippen LogP contribution in [0.15, 0.2) is 54.7 Å². The fourth-order valence-corrected chi connectivity index (χ4v) is 4.73. The Hall–Kier alpha value is -2.63. The Labute approximate surface area is 191 Å². The van der Waals surface area contributed by atoms with Crippen LogP contribution in [0.3, 0.4) is 0 Å². The minimum absolute atomic E-state index is 0.112. The first-order valence-corrected chi connectivity index (χ1v) is 10.9. The van der Waals surface area contributed by atoms with E-state index in [1.165, 1.54) is 0 Å². The van der Waals surface area contributed by atoms with Crippen LogP contribution in [-0.4, -0.2) is 16.4 Å². The lowest BCUT2D eigenvalue weighted by Gasteiger charge is -2.30. The van der Waals surface area contributed by atoms with E-state index in [-0.39, 0.29) is 11.3 Å². The van der Waals surface area contributed by atoms with E-state index in [9.17, 15) is 4.79 Å². The highest BCUT2D eigenvalue weighted by Crippen LogP contribution is 2.46. The summed E-state index contributed by atoms with van der Waals surface area (Å²) in [6.07, 6.45) is 6.25. The zero-order valence-electron chi connectivity index (χ0n) is 16.9. The maximum atomic E-state index is 11.1. The molecule has 2 aromatic carbocycles. The molecular formula is C24H22Cl2N2O3. The second kappa shape index (κ2) is 9.67. The van der Waals surface area contributed by atoms with Gasteiger partial charge in [0.15, 0.2) is 0 Å². The van der Waals surface area contributed by atoms with Gasteiger partial charge in [0.25, 0.3) is 12.4 Å². The molecule has 0 unspecified atom stereocenters. The second-order valence-electron chi connectivity index (χ2n) is 7.73. The predicted molar refractivity (Wildman–Crippen MR) is 120 cm³/mol. The highest BCUT2D eigenvalue weighted by atomic mass is 35.5. The van der Waals surface area contributed by atoms with Gasteiger partial charge in [-0.2, -0.15) is 4.98 Å². The van der Waals surface area contributed by atoms with Crippen molar-refractivity contribution in [2.75, 3.05) is 0 Å². The minimum atomic E-state index is -0.202. The smallest absolute Gasteiger partial charge is 0.299 e. The van der Waals surface area contributed by atoms with Crippen molar-refractivity contribution in [1.82, 2.24) is 9.97 Å². The number of halogens is 2. The first-order chi connectivity index (χ1) is 15.1. The minimum Gasteiger partial charge on any atom is -0.482 e. The number of ether oxygens (including phenoxy) is 2. The van der Waals surface area contributed by atoms with Gasteiger partial charge in [0, 0.05) is 21.9 Å². The second-order valence-corrected chi connectivity index (χ2v) is 8.58.